The van der Waals surface area contributed by atoms with Crippen molar-refractivity contribution in [1.29, 1.82) is 0 Å². The first-order chi connectivity index (χ1) is 22.1. The zero-order valence-electron chi connectivity index (χ0n) is 26.0. The van der Waals surface area contributed by atoms with E-state index in [4.69, 9.17) is 5.73 Å². The molecular weight excluding hydrogens is 558 g/mol. The van der Waals surface area contributed by atoms with Crippen molar-refractivity contribution in [2.45, 2.75) is 44.3 Å². The van der Waals surface area contributed by atoms with Gasteiger partial charge in [0.25, 0.3) is 0 Å². The molecule has 4 N–H and O–H groups in total. The van der Waals surface area contributed by atoms with Crippen molar-refractivity contribution in [2.24, 2.45) is 11.7 Å². The number of hydrogen-bond acceptors (Lipinski definition) is 5. The summed E-state index contributed by atoms with van der Waals surface area (Å²) in [6.45, 7) is 5.28. The van der Waals surface area contributed by atoms with Gasteiger partial charge in [0.05, 0.1) is 0 Å². The van der Waals surface area contributed by atoms with Crippen molar-refractivity contribution in [3.8, 4) is 11.1 Å². The predicted molar refractivity (Wildman–Crippen MR) is 182 cm³/mol. The van der Waals surface area contributed by atoms with Crippen LogP contribution in [0.3, 0.4) is 0 Å². The molecule has 0 bridgehead atoms. The molecule has 2 atom stereocenters. The lowest BCUT2D eigenvalue weighted by Gasteiger charge is -2.42. The average molecular weight is 604 g/mol. The van der Waals surface area contributed by atoms with Crippen molar-refractivity contribution < 1.29 is 9.59 Å². The fourth-order valence-electron chi connectivity index (χ4n) is 6.81. The Hall–Kier alpha value is -4.04. The van der Waals surface area contributed by atoms with E-state index in [1.54, 1.807) is 0 Å². The summed E-state index contributed by atoms with van der Waals surface area (Å²) >= 11 is 0. The van der Waals surface area contributed by atoms with E-state index < -0.39 is 12.1 Å². The van der Waals surface area contributed by atoms with Gasteiger partial charge >= 0.3 is 0 Å². The molecule has 2 aliphatic heterocycles. The number of rotatable bonds is 12. The highest BCUT2D eigenvalue weighted by molar-refractivity contribution is 5.97. The number of piperazine rings is 1. The molecule has 0 saturated carbocycles. The lowest BCUT2D eigenvalue weighted by Crippen LogP contribution is -2.66. The highest BCUT2D eigenvalue weighted by atomic mass is 16.2. The largest absolute Gasteiger partial charge is 0.342 e. The van der Waals surface area contributed by atoms with Gasteiger partial charge in [-0.1, -0.05) is 97.1 Å². The van der Waals surface area contributed by atoms with Crippen LogP contribution in [-0.2, 0) is 22.6 Å². The summed E-state index contributed by atoms with van der Waals surface area (Å²) < 4.78 is 0. The second-order valence-electron chi connectivity index (χ2n) is 12.6. The Morgan fingerprint density at radius 1 is 0.778 bits per heavy atom. The van der Waals surface area contributed by atoms with Crippen LogP contribution in [0.2, 0.25) is 0 Å². The maximum absolute atomic E-state index is 14.3. The zero-order chi connectivity index (χ0) is 31.0. The Morgan fingerprint density at radius 3 is 2.22 bits per heavy atom. The molecule has 6 rings (SSSR count). The maximum Gasteiger partial charge on any atom is 0.246 e. The third-order valence-electron chi connectivity index (χ3n) is 9.33. The van der Waals surface area contributed by atoms with Crippen molar-refractivity contribution in [1.82, 2.24) is 20.4 Å². The molecule has 0 aromatic heterocycles. The molecule has 2 saturated heterocycles. The van der Waals surface area contributed by atoms with Gasteiger partial charge in [-0.2, -0.15) is 0 Å². The molecule has 0 aliphatic carbocycles. The number of nitrogens with zero attached hydrogens (tertiary/aromatic N) is 2. The second-order valence-corrected chi connectivity index (χ2v) is 12.6. The summed E-state index contributed by atoms with van der Waals surface area (Å²) in [7, 11) is 0. The Kier molecular flexibility index (Phi) is 10.2. The fraction of sp³-hybridized carbons (Fsp3) is 0.368. The van der Waals surface area contributed by atoms with Gasteiger partial charge in [-0.15, -0.1) is 0 Å². The monoisotopic (exact) mass is 603 g/mol. The molecule has 4 aromatic carbocycles. The topological polar surface area (TPSA) is 90.7 Å². The summed E-state index contributed by atoms with van der Waals surface area (Å²) in [5.41, 5.74) is 10.3. The summed E-state index contributed by atoms with van der Waals surface area (Å²) in [6, 6.07) is 32.0. The van der Waals surface area contributed by atoms with Gasteiger partial charge in [0.2, 0.25) is 11.8 Å². The van der Waals surface area contributed by atoms with Crippen LogP contribution in [-0.4, -0.2) is 73.0 Å². The summed E-state index contributed by atoms with van der Waals surface area (Å²) in [5.74, 6) is 0.468. The van der Waals surface area contributed by atoms with Crippen molar-refractivity contribution in [3.63, 3.8) is 0 Å². The number of nitrogens with two attached hydrogens (primary N) is 1. The Labute approximate surface area is 266 Å². The minimum Gasteiger partial charge on any atom is -0.342 e. The molecule has 2 heterocycles. The third kappa shape index (κ3) is 7.79. The molecule has 2 aliphatic rings. The van der Waals surface area contributed by atoms with Crippen molar-refractivity contribution in [2.75, 3.05) is 39.3 Å². The summed E-state index contributed by atoms with van der Waals surface area (Å²) in [6.07, 6.45) is 3.57. The first kappa shape index (κ1) is 31.0. The van der Waals surface area contributed by atoms with Crippen LogP contribution in [0.4, 0.5) is 0 Å². The second kappa shape index (κ2) is 14.8. The van der Waals surface area contributed by atoms with Crippen LogP contribution >= 0.6 is 0 Å². The van der Waals surface area contributed by atoms with Crippen LogP contribution in [0, 0.1) is 5.92 Å². The Bertz CT molecular complexity index is 1570. The van der Waals surface area contributed by atoms with Gasteiger partial charge in [-0.25, -0.2) is 0 Å². The van der Waals surface area contributed by atoms with Gasteiger partial charge in [0.1, 0.15) is 12.1 Å². The maximum atomic E-state index is 14.3. The quantitative estimate of drug-likeness (QED) is 0.220. The third-order valence-corrected chi connectivity index (χ3v) is 9.33. The van der Waals surface area contributed by atoms with Crippen LogP contribution in [0.1, 0.15) is 30.4 Å². The standard InChI is InChI=1S/C38H45N5O2/c39-19-6-22-42(25-29-17-20-40-21-18-29)27-36-37(44)41-35(24-30-13-16-32-9-4-5-10-34(32)23-30)38(45)43(36)26-28-11-14-33(15-12-28)31-7-2-1-3-8-31/h1-5,7-16,23,29,35-36,40H,6,17-22,24-27,39H2,(H,41,44)/t35-,36-/m0/s1. The van der Waals surface area contributed by atoms with Gasteiger partial charge < -0.3 is 26.2 Å². The minimum atomic E-state index is -0.611. The molecule has 0 radical (unpaired) electrons. The first-order valence-corrected chi connectivity index (χ1v) is 16.4. The molecule has 45 heavy (non-hydrogen) atoms. The van der Waals surface area contributed by atoms with E-state index in [1.807, 2.05) is 35.2 Å². The molecule has 2 fully saturated rings. The predicted octanol–water partition coefficient (Wildman–Crippen LogP) is 4.60. The Balaban J connectivity index is 1.25. The highest BCUT2D eigenvalue weighted by Crippen LogP contribution is 2.24. The van der Waals surface area contributed by atoms with Crippen LogP contribution in [0.15, 0.2) is 97.1 Å². The van der Waals surface area contributed by atoms with E-state index in [0.717, 1.165) is 78.5 Å². The van der Waals surface area contributed by atoms with Crippen molar-refractivity contribution in [3.05, 3.63) is 108 Å². The highest BCUT2D eigenvalue weighted by Gasteiger charge is 2.41. The smallest absolute Gasteiger partial charge is 0.246 e. The van der Waals surface area contributed by atoms with Crippen LogP contribution < -0.4 is 16.4 Å². The molecular formula is C38H45N5O2. The van der Waals surface area contributed by atoms with E-state index in [-0.39, 0.29) is 11.8 Å². The number of nitrogens with one attached hydrogen (secondary N) is 2. The number of carbonyl (C=O) groups excluding carboxylic acids is 2. The average Bonchev–Trinajstić information content (AvgIpc) is 3.08. The number of benzene rings is 4. The summed E-state index contributed by atoms with van der Waals surface area (Å²) in [5, 5.41) is 8.88. The Morgan fingerprint density at radius 2 is 1.47 bits per heavy atom. The summed E-state index contributed by atoms with van der Waals surface area (Å²) in [4.78, 5) is 32.4. The number of amides is 2. The van der Waals surface area contributed by atoms with Gasteiger partial charge in [-0.3, -0.25) is 9.59 Å². The van der Waals surface area contributed by atoms with E-state index >= 15 is 0 Å². The molecule has 2 amide bonds. The molecule has 4 aromatic rings. The van der Waals surface area contributed by atoms with Crippen LogP contribution in [0.5, 0.6) is 0 Å². The SMILES string of the molecule is NCCCN(CC1CCNCC1)C[C@H]1C(=O)N[C@@H](Cc2ccc3ccccc3c2)C(=O)N1Cc1ccc(-c2ccccc2)cc1. The van der Waals surface area contributed by atoms with Gasteiger partial charge in [0, 0.05) is 26.1 Å². The lowest BCUT2D eigenvalue weighted by molar-refractivity contribution is -0.151. The molecule has 234 valence electrons. The normalized spacial score (nSPS) is 19.3. The van der Waals surface area contributed by atoms with Crippen LogP contribution in [0.25, 0.3) is 21.9 Å². The van der Waals surface area contributed by atoms with Gasteiger partial charge in [-0.05, 0) is 84.4 Å². The number of carbonyl (C=O) groups is 2. The first-order valence-electron chi connectivity index (χ1n) is 16.4. The number of piperidine rings is 1. The zero-order valence-corrected chi connectivity index (χ0v) is 26.0. The van der Waals surface area contributed by atoms with Crippen molar-refractivity contribution >= 4 is 22.6 Å². The molecule has 0 unspecified atom stereocenters. The molecule has 7 heteroatoms. The van der Waals surface area contributed by atoms with E-state index in [0.29, 0.717) is 32.0 Å². The molecule has 0 spiro atoms. The number of hydrogen-bond donors (Lipinski definition) is 3. The van der Waals surface area contributed by atoms with E-state index in [2.05, 4.69) is 82.3 Å². The van der Waals surface area contributed by atoms with Gasteiger partial charge in [0.15, 0.2) is 0 Å². The lowest BCUT2D eigenvalue weighted by atomic mass is 9.95. The molecule has 7 nitrogen and oxygen atoms in total. The fourth-order valence-corrected chi connectivity index (χ4v) is 6.81. The van der Waals surface area contributed by atoms with E-state index in [1.165, 1.54) is 0 Å². The minimum absolute atomic E-state index is 0.0273. The van der Waals surface area contributed by atoms with E-state index in [9.17, 15) is 9.59 Å². The number of fused-ring (bicyclic) bond motifs is 1.